The molecule has 1 heterocycles. The number of aromatic nitrogens is 1. The summed E-state index contributed by atoms with van der Waals surface area (Å²) in [4.78, 5) is 11.4. The average molecular weight is 254 g/mol. The molecule has 84 valence electrons. The monoisotopic (exact) mass is 253 g/mol. The second kappa shape index (κ2) is 4.85. The maximum Gasteiger partial charge on any atom is 0.307 e. The number of benzene rings is 1. The standard InChI is InChI=1S/C12H12ClNOS/c1-14-10(8-16-12(14)15)7-11(13)9-5-3-2-4-6-9/h2-6,8,11H,7H2,1H3. The highest BCUT2D eigenvalue weighted by Crippen LogP contribution is 2.24. The first kappa shape index (κ1) is 11.4. The number of hydrogen-bond donors (Lipinski definition) is 0. The Labute approximate surface area is 103 Å². The van der Waals surface area contributed by atoms with Gasteiger partial charge in [0, 0.05) is 24.5 Å². The minimum absolute atomic E-state index is 0.0620. The van der Waals surface area contributed by atoms with Gasteiger partial charge in [0.05, 0.1) is 5.38 Å². The second-order valence-corrected chi connectivity index (χ2v) is 4.98. The molecule has 0 radical (unpaired) electrons. The molecule has 0 bridgehead atoms. The largest absolute Gasteiger partial charge is 0.307 e. The van der Waals surface area contributed by atoms with Crippen molar-refractivity contribution in [2.24, 2.45) is 7.05 Å². The van der Waals surface area contributed by atoms with E-state index in [-0.39, 0.29) is 10.3 Å². The van der Waals surface area contributed by atoms with Crippen molar-refractivity contribution in [3.63, 3.8) is 0 Å². The molecule has 0 aliphatic carbocycles. The molecule has 0 amide bonds. The first-order valence-corrected chi connectivity index (χ1v) is 6.32. The van der Waals surface area contributed by atoms with Crippen LogP contribution in [0.1, 0.15) is 16.6 Å². The Morgan fingerprint density at radius 1 is 1.38 bits per heavy atom. The summed E-state index contributed by atoms with van der Waals surface area (Å²) in [7, 11) is 1.78. The normalized spacial score (nSPS) is 12.6. The van der Waals surface area contributed by atoms with Gasteiger partial charge in [-0.05, 0) is 5.56 Å². The summed E-state index contributed by atoms with van der Waals surface area (Å²) in [5.74, 6) is 0. The molecule has 1 aromatic heterocycles. The first-order valence-electron chi connectivity index (χ1n) is 5.01. The van der Waals surface area contributed by atoms with E-state index < -0.39 is 0 Å². The maximum absolute atomic E-state index is 11.3. The molecule has 2 aromatic rings. The summed E-state index contributed by atoms with van der Waals surface area (Å²) >= 11 is 7.53. The van der Waals surface area contributed by atoms with Gasteiger partial charge in [-0.25, -0.2) is 0 Å². The van der Waals surface area contributed by atoms with Crippen LogP contribution < -0.4 is 4.87 Å². The third-order valence-electron chi connectivity index (χ3n) is 2.55. The molecular weight excluding hydrogens is 242 g/mol. The molecule has 0 aliphatic heterocycles. The Morgan fingerprint density at radius 3 is 2.62 bits per heavy atom. The molecular formula is C12H12ClNOS. The van der Waals surface area contributed by atoms with Crippen molar-refractivity contribution >= 4 is 22.9 Å². The van der Waals surface area contributed by atoms with Crippen LogP contribution in [0, 0.1) is 0 Å². The van der Waals surface area contributed by atoms with Gasteiger partial charge in [0.2, 0.25) is 0 Å². The average Bonchev–Trinajstić information content (AvgIpc) is 2.62. The summed E-state index contributed by atoms with van der Waals surface area (Å²) in [6.07, 6.45) is 0.681. The number of thiazole rings is 1. The molecule has 2 nitrogen and oxygen atoms in total. The molecule has 1 aromatic carbocycles. The minimum Gasteiger partial charge on any atom is -0.306 e. The molecule has 1 atom stereocenters. The second-order valence-electron chi connectivity index (χ2n) is 3.63. The van der Waals surface area contributed by atoms with Crippen LogP contribution >= 0.6 is 22.9 Å². The lowest BCUT2D eigenvalue weighted by molar-refractivity contribution is 0.770. The summed E-state index contributed by atoms with van der Waals surface area (Å²) in [5, 5.41) is 1.79. The Bertz CT molecular complexity index is 517. The molecule has 0 N–H and O–H groups in total. The van der Waals surface area contributed by atoms with Gasteiger partial charge in [0.1, 0.15) is 0 Å². The third kappa shape index (κ3) is 2.36. The van der Waals surface area contributed by atoms with Crippen molar-refractivity contribution in [2.45, 2.75) is 11.8 Å². The SMILES string of the molecule is Cn1c(CC(Cl)c2ccccc2)csc1=O. The third-order valence-corrected chi connectivity index (χ3v) is 3.82. The lowest BCUT2D eigenvalue weighted by Gasteiger charge is -2.09. The zero-order chi connectivity index (χ0) is 11.5. The number of rotatable bonds is 3. The molecule has 2 rings (SSSR count). The molecule has 0 spiro atoms. The quantitative estimate of drug-likeness (QED) is 0.771. The van der Waals surface area contributed by atoms with Gasteiger partial charge >= 0.3 is 4.87 Å². The van der Waals surface area contributed by atoms with Gasteiger partial charge in [-0.2, -0.15) is 0 Å². The summed E-state index contributed by atoms with van der Waals surface area (Å²) in [6.45, 7) is 0. The van der Waals surface area contributed by atoms with Gasteiger partial charge in [0.15, 0.2) is 0 Å². The van der Waals surface area contributed by atoms with E-state index in [4.69, 9.17) is 11.6 Å². The van der Waals surface area contributed by atoms with E-state index in [0.717, 1.165) is 11.3 Å². The van der Waals surface area contributed by atoms with Crippen LogP contribution in [-0.2, 0) is 13.5 Å². The highest BCUT2D eigenvalue weighted by atomic mass is 35.5. The topological polar surface area (TPSA) is 22.0 Å². The summed E-state index contributed by atoms with van der Waals surface area (Å²) in [6, 6.07) is 9.91. The van der Waals surface area contributed by atoms with Crippen LogP contribution in [0.15, 0.2) is 40.5 Å². The molecule has 16 heavy (non-hydrogen) atoms. The van der Waals surface area contributed by atoms with Gasteiger partial charge in [-0.1, -0.05) is 41.7 Å². The van der Waals surface area contributed by atoms with Crippen molar-refractivity contribution in [3.8, 4) is 0 Å². The zero-order valence-corrected chi connectivity index (χ0v) is 10.5. The van der Waals surface area contributed by atoms with E-state index in [1.807, 2.05) is 35.7 Å². The Balaban J connectivity index is 2.17. The Kier molecular flexibility index (Phi) is 3.46. The fraction of sp³-hybridized carbons (Fsp3) is 0.250. The predicted octanol–water partition coefficient (Wildman–Crippen LogP) is 2.97. The van der Waals surface area contributed by atoms with Gasteiger partial charge in [-0.15, -0.1) is 11.6 Å². The Morgan fingerprint density at radius 2 is 2.06 bits per heavy atom. The van der Waals surface area contributed by atoms with Crippen LogP contribution in [0.2, 0.25) is 0 Å². The lowest BCUT2D eigenvalue weighted by atomic mass is 10.1. The van der Waals surface area contributed by atoms with E-state index in [1.165, 1.54) is 11.3 Å². The van der Waals surface area contributed by atoms with Crippen molar-refractivity contribution in [1.29, 1.82) is 0 Å². The number of hydrogen-bond acceptors (Lipinski definition) is 2. The van der Waals surface area contributed by atoms with Crippen molar-refractivity contribution in [2.75, 3.05) is 0 Å². The van der Waals surface area contributed by atoms with E-state index in [9.17, 15) is 4.79 Å². The number of alkyl halides is 1. The zero-order valence-electron chi connectivity index (χ0n) is 8.89. The van der Waals surface area contributed by atoms with Gasteiger partial charge < -0.3 is 4.57 Å². The van der Waals surface area contributed by atoms with Gasteiger partial charge in [0.25, 0.3) is 0 Å². The number of halogens is 1. The van der Waals surface area contributed by atoms with Crippen molar-refractivity contribution in [1.82, 2.24) is 4.57 Å². The summed E-state index contributed by atoms with van der Waals surface area (Å²) < 4.78 is 1.66. The van der Waals surface area contributed by atoms with E-state index in [1.54, 1.807) is 11.6 Å². The lowest BCUT2D eigenvalue weighted by Crippen LogP contribution is -2.12. The molecule has 1 unspecified atom stereocenters. The van der Waals surface area contributed by atoms with Crippen LogP contribution in [0.4, 0.5) is 0 Å². The summed E-state index contributed by atoms with van der Waals surface area (Å²) in [5.41, 5.74) is 2.07. The van der Waals surface area contributed by atoms with Gasteiger partial charge in [-0.3, -0.25) is 4.79 Å². The van der Waals surface area contributed by atoms with Crippen LogP contribution in [0.25, 0.3) is 0 Å². The fourth-order valence-corrected chi connectivity index (χ4v) is 2.61. The molecule has 0 saturated carbocycles. The highest BCUT2D eigenvalue weighted by molar-refractivity contribution is 7.07. The predicted molar refractivity (Wildman–Crippen MR) is 68.3 cm³/mol. The Hall–Kier alpha value is -1.06. The van der Waals surface area contributed by atoms with Crippen molar-refractivity contribution in [3.05, 3.63) is 56.6 Å². The first-order chi connectivity index (χ1) is 7.68. The van der Waals surface area contributed by atoms with Crippen molar-refractivity contribution < 1.29 is 0 Å². The maximum atomic E-state index is 11.3. The molecule has 0 saturated heterocycles. The van der Waals surface area contributed by atoms with Crippen LogP contribution in [-0.4, -0.2) is 4.57 Å². The number of nitrogens with zero attached hydrogens (tertiary/aromatic N) is 1. The van der Waals surface area contributed by atoms with E-state index in [0.29, 0.717) is 6.42 Å². The van der Waals surface area contributed by atoms with Crippen LogP contribution in [0.5, 0.6) is 0 Å². The molecule has 0 fully saturated rings. The smallest absolute Gasteiger partial charge is 0.306 e. The minimum atomic E-state index is -0.0820. The highest BCUT2D eigenvalue weighted by Gasteiger charge is 2.11. The molecule has 0 aliphatic rings. The van der Waals surface area contributed by atoms with E-state index in [2.05, 4.69) is 0 Å². The van der Waals surface area contributed by atoms with E-state index >= 15 is 0 Å². The van der Waals surface area contributed by atoms with Crippen LogP contribution in [0.3, 0.4) is 0 Å². The molecule has 4 heteroatoms. The fourth-order valence-electron chi connectivity index (χ4n) is 1.54.